The lowest BCUT2D eigenvalue weighted by Crippen LogP contribution is -2.00. The molecular formula is C50H32N4O. The highest BCUT2D eigenvalue weighted by Crippen LogP contribution is 2.40. The summed E-state index contributed by atoms with van der Waals surface area (Å²) in [5.74, 6) is 1.75. The quantitative estimate of drug-likeness (QED) is 0.165. The summed E-state index contributed by atoms with van der Waals surface area (Å²) in [6.45, 7) is 0. The molecule has 0 unspecified atom stereocenters. The number of rotatable bonds is 7. The average Bonchev–Trinajstić information content (AvgIpc) is 3.67. The van der Waals surface area contributed by atoms with Crippen LogP contribution in [0.3, 0.4) is 0 Å². The minimum Gasteiger partial charge on any atom is -0.454 e. The van der Waals surface area contributed by atoms with Gasteiger partial charge in [-0.3, -0.25) is 4.98 Å². The molecule has 0 saturated heterocycles. The van der Waals surface area contributed by atoms with E-state index in [9.17, 15) is 0 Å². The first-order valence-corrected chi connectivity index (χ1v) is 18.3. The standard InChI is InChI=1S/C50H32N4O/c1-4-12-33(13-5-1)36-22-26-38(27-23-36)46-47-42(30-31-51-46)45-43(20-11-21-44(45)55-47)50-53-48(39-28-24-37(25-29-39)34-14-6-2-7-15-34)52-49(54-50)41-19-10-18-40(32-41)35-16-8-3-9-17-35/h1-32H. The molecule has 0 atom stereocenters. The number of benzene rings is 7. The molecular weight excluding hydrogens is 673 g/mol. The fourth-order valence-electron chi connectivity index (χ4n) is 7.26. The van der Waals surface area contributed by atoms with E-state index in [1.807, 2.05) is 42.6 Å². The average molecular weight is 705 g/mol. The fraction of sp³-hybridized carbons (Fsp3) is 0. The second kappa shape index (κ2) is 13.8. The van der Waals surface area contributed by atoms with E-state index >= 15 is 0 Å². The van der Waals surface area contributed by atoms with E-state index in [0.717, 1.165) is 77.7 Å². The molecule has 5 nitrogen and oxygen atoms in total. The summed E-state index contributed by atoms with van der Waals surface area (Å²) in [5, 5.41) is 1.88. The second-order valence-electron chi connectivity index (χ2n) is 13.5. The van der Waals surface area contributed by atoms with E-state index in [4.69, 9.17) is 24.4 Å². The van der Waals surface area contributed by atoms with Crippen molar-refractivity contribution >= 4 is 21.9 Å². The van der Waals surface area contributed by atoms with Gasteiger partial charge in [-0.1, -0.05) is 170 Å². The third-order valence-electron chi connectivity index (χ3n) is 10.0. The number of hydrogen-bond acceptors (Lipinski definition) is 5. The molecule has 0 N–H and O–H groups in total. The molecule has 0 bridgehead atoms. The van der Waals surface area contributed by atoms with Crippen LogP contribution < -0.4 is 0 Å². The first-order chi connectivity index (χ1) is 27.2. The Hall–Kier alpha value is -7.50. The molecule has 10 rings (SSSR count). The van der Waals surface area contributed by atoms with E-state index in [1.165, 1.54) is 5.56 Å². The summed E-state index contributed by atoms with van der Waals surface area (Å²) in [5.41, 5.74) is 12.7. The summed E-state index contributed by atoms with van der Waals surface area (Å²) in [6, 6.07) is 64.4. The largest absolute Gasteiger partial charge is 0.454 e. The van der Waals surface area contributed by atoms with Crippen LogP contribution in [0, 0.1) is 0 Å². The normalized spacial score (nSPS) is 11.3. The molecule has 0 fully saturated rings. The predicted octanol–water partition coefficient (Wildman–Crippen LogP) is 12.8. The van der Waals surface area contributed by atoms with Gasteiger partial charge in [0.2, 0.25) is 0 Å². The number of furan rings is 1. The van der Waals surface area contributed by atoms with Gasteiger partial charge in [-0.25, -0.2) is 15.0 Å². The first kappa shape index (κ1) is 32.2. The number of pyridine rings is 1. The van der Waals surface area contributed by atoms with Crippen LogP contribution in [0.15, 0.2) is 199 Å². The molecule has 7 aromatic carbocycles. The van der Waals surface area contributed by atoms with Crippen molar-refractivity contribution in [3.63, 3.8) is 0 Å². The van der Waals surface area contributed by atoms with Crippen LogP contribution in [0.5, 0.6) is 0 Å². The summed E-state index contributed by atoms with van der Waals surface area (Å²) < 4.78 is 6.63. The molecule has 0 radical (unpaired) electrons. The summed E-state index contributed by atoms with van der Waals surface area (Å²) >= 11 is 0. The zero-order valence-electron chi connectivity index (χ0n) is 29.7. The predicted molar refractivity (Wildman–Crippen MR) is 223 cm³/mol. The number of aromatic nitrogens is 4. The lowest BCUT2D eigenvalue weighted by atomic mass is 10.0. The summed E-state index contributed by atoms with van der Waals surface area (Å²) in [6.07, 6.45) is 1.85. The Kier molecular flexibility index (Phi) is 8.08. The van der Waals surface area contributed by atoms with Crippen molar-refractivity contribution in [2.45, 2.75) is 0 Å². The van der Waals surface area contributed by atoms with Crippen LogP contribution in [-0.2, 0) is 0 Å². The van der Waals surface area contributed by atoms with E-state index in [-0.39, 0.29) is 0 Å². The Morgan fingerprint density at radius 2 is 0.818 bits per heavy atom. The van der Waals surface area contributed by atoms with Crippen molar-refractivity contribution in [2.24, 2.45) is 0 Å². The van der Waals surface area contributed by atoms with Crippen molar-refractivity contribution in [2.75, 3.05) is 0 Å². The zero-order valence-corrected chi connectivity index (χ0v) is 29.7. The number of hydrogen-bond donors (Lipinski definition) is 0. The van der Waals surface area contributed by atoms with Crippen LogP contribution in [0.1, 0.15) is 0 Å². The van der Waals surface area contributed by atoms with Gasteiger partial charge in [0.1, 0.15) is 11.3 Å². The van der Waals surface area contributed by atoms with Gasteiger partial charge in [0.25, 0.3) is 0 Å². The highest BCUT2D eigenvalue weighted by molar-refractivity contribution is 6.14. The Balaban J connectivity index is 1.12. The van der Waals surface area contributed by atoms with E-state index in [0.29, 0.717) is 17.5 Å². The molecule has 3 aromatic heterocycles. The third-order valence-corrected chi connectivity index (χ3v) is 10.0. The summed E-state index contributed by atoms with van der Waals surface area (Å²) in [7, 11) is 0. The Morgan fingerprint density at radius 3 is 1.45 bits per heavy atom. The highest BCUT2D eigenvalue weighted by Gasteiger charge is 2.20. The lowest BCUT2D eigenvalue weighted by Gasteiger charge is -2.11. The Morgan fingerprint density at radius 1 is 0.345 bits per heavy atom. The highest BCUT2D eigenvalue weighted by atomic mass is 16.3. The van der Waals surface area contributed by atoms with E-state index < -0.39 is 0 Å². The topological polar surface area (TPSA) is 64.7 Å². The zero-order chi connectivity index (χ0) is 36.6. The maximum Gasteiger partial charge on any atom is 0.164 e. The molecule has 0 spiro atoms. The van der Waals surface area contributed by atoms with Gasteiger partial charge < -0.3 is 4.42 Å². The maximum absolute atomic E-state index is 6.63. The SMILES string of the molecule is c1ccc(-c2ccc(-c3nc(-c4cccc(-c5ccccc5)c4)nc(-c4cccc5oc6c(-c7ccc(-c8ccccc8)cc7)nccc6c45)n3)cc2)cc1. The molecule has 0 aliphatic carbocycles. The van der Waals surface area contributed by atoms with Gasteiger partial charge >= 0.3 is 0 Å². The smallest absolute Gasteiger partial charge is 0.164 e. The number of nitrogens with zero attached hydrogens (tertiary/aromatic N) is 4. The van der Waals surface area contributed by atoms with E-state index in [2.05, 4.69) is 152 Å². The molecule has 0 aliphatic rings. The molecule has 0 aliphatic heterocycles. The number of fused-ring (bicyclic) bond motifs is 3. The van der Waals surface area contributed by atoms with Crippen LogP contribution in [-0.4, -0.2) is 19.9 Å². The first-order valence-electron chi connectivity index (χ1n) is 18.3. The van der Waals surface area contributed by atoms with Gasteiger partial charge in [0.15, 0.2) is 23.1 Å². The van der Waals surface area contributed by atoms with Crippen molar-refractivity contribution in [1.82, 2.24) is 19.9 Å². The molecule has 0 amide bonds. The van der Waals surface area contributed by atoms with Crippen molar-refractivity contribution in [1.29, 1.82) is 0 Å². The monoisotopic (exact) mass is 704 g/mol. The van der Waals surface area contributed by atoms with Gasteiger partial charge in [-0.2, -0.15) is 0 Å². The van der Waals surface area contributed by atoms with Gasteiger partial charge in [-0.15, -0.1) is 0 Å². The van der Waals surface area contributed by atoms with Crippen molar-refractivity contribution in [3.8, 4) is 78.8 Å². The maximum atomic E-state index is 6.63. The van der Waals surface area contributed by atoms with E-state index in [1.54, 1.807) is 0 Å². The van der Waals surface area contributed by atoms with Crippen LogP contribution in [0.4, 0.5) is 0 Å². The minimum atomic E-state index is 0.566. The minimum absolute atomic E-state index is 0.566. The summed E-state index contributed by atoms with van der Waals surface area (Å²) in [4.78, 5) is 20.2. The molecule has 5 heteroatoms. The molecule has 55 heavy (non-hydrogen) atoms. The van der Waals surface area contributed by atoms with Gasteiger partial charge in [0, 0.05) is 39.2 Å². The van der Waals surface area contributed by atoms with Crippen molar-refractivity contribution in [3.05, 3.63) is 194 Å². The van der Waals surface area contributed by atoms with Crippen LogP contribution in [0.25, 0.3) is 101 Å². The van der Waals surface area contributed by atoms with Crippen molar-refractivity contribution < 1.29 is 4.42 Å². The molecule has 3 heterocycles. The third kappa shape index (κ3) is 6.14. The fourth-order valence-corrected chi connectivity index (χ4v) is 7.26. The Labute approximate surface area is 318 Å². The van der Waals surface area contributed by atoms with Crippen LogP contribution in [0.2, 0.25) is 0 Å². The molecule has 10 aromatic rings. The van der Waals surface area contributed by atoms with Crippen LogP contribution >= 0.6 is 0 Å². The Bertz CT molecular complexity index is 2940. The van der Waals surface area contributed by atoms with Gasteiger partial charge in [0.05, 0.1) is 0 Å². The molecule has 258 valence electrons. The second-order valence-corrected chi connectivity index (χ2v) is 13.5. The molecule has 0 saturated carbocycles. The van der Waals surface area contributed by atoms with Gasteiger partial charge in [-0.05, 0) is 51.6 Å². The lowest BCUT2D eigenvalue weighted by molar-refractivity contribution is 0.668.